The molecule has 1 aliphatic carbocycles. The number of ether oxygens (including phenoxy) is 4. The third-order valence-electron chi connectivity index (χ3n) is 16.0. The summed E-state index contributed by atoms with van der Waals surface area (Å²) in [5.41, 5.74) is 0.539. The molecule has 0 radical (unpaired) electrons. The number of carbonyl (C=O) groups is 7. The minimum absolute atomic E-state index is 0.0421. The first-order valence-corrected chi connectivity index (χ1v) is 28.6. The summed E-state index contributed by atoms with van der Waals surface area (Å²) in [7, 11) is 1.64. The lowest BCUT2D eigenvalue weighted by Crippen LogP contribution is -2.56. The first-order chi connectivity index (χ1) is 37.6. The second kappa shape index (κ2) is 28.7. The van der Waals surface area contributed by atoms with Crippen LogP contribution in [0.2, 0.25) is 0 Å². The van der Waals surface area contributed by atoms with E-state index in [2.05, 4.69) is 64.1 Å². The SMILES string of the molecule is COC1C(OC(=O)NCCc2ccc(NC(=O)CNC(=O)[C@H](CC(C)C)NC(=O)[C@H](Cc3ccccc3)NC(=O)CNC(=O)C(C)(CC(C)(CC(C)C)C(=O)NCC(C)O)C(C)C)cc2)CC[C@]2(CO2)C1[C@]1(C)O[C@@H]1CC=C(C)C. The Kier molecular flexibility index (Phi) is 23.3. The fourth-order valence-electron chi connectivity index (χ4n) is 11.4. The van der Waals surface area contributed by atoms with Crippen molar-refractivity contribution in [1.29, 1.82) is 0 Å². The van der Waals surface area contributed by atoms with Crippen LogP contribution in [0.3, 0.4) is 0 Å². The summed E-state index contributed by atoms with van der Waals surface area (Å²) in [6, 6.07) is 14.0. The van der Waals surface area contributed by atoms with Gasteiger partial charge in [0.25, 0.3) is 0 Å². The highest BCUT2D eigenvalue weighted by molar-refractivity contribution is 5.97. The van der Waals surface area contributed by atoms with Crippen LogP contribution in [0.15, 0.2) is 66.2 Å². The lowest BCUT2D eigenvalue weighted by molar-refractivity contribution is -0.142. The van der Waals surface area contributed by atoms with Crippen molar-refractivity contribution in [2.24, 2.45) is 34.5 Å². The van der Waals surface area contributed by atoms with Crippen LogP contribution in [0.4, 0.5) is 10.5 Å². The second-order valence-corrected chi connectivity index (χ2v) is 24.6. The summed E-state index contributed by atoms with van der Waals surface area (Å²) in [5, 5.41) is 29.3. The topological polar surface area (TPSA) is 267 Å². The molecule has 1 spiro atoms. The lowest BCUT2D eigenvalue weighted by atomic mass is 9.64. The molecule has 2 aliphatic heterocycles. The Morgan fingerprint density at radius 1 is 0.800 bits per heavy atom. The zero-order chi connectivity index (χ0) is 59.2. The Bertz CT molecular complexity index is 2460. The van der Waals surface area contributed by atoms with Gasteiger partial charge in [-0.1, -0.05) is 110 Å². The minimum Gasteiger partial charge on any atom is -0.443 e. The molecule has 3 fully saturated rings. The van der Waals surface area contributed by atoms with Crippen LogP contribution in [0.5, 0.6) is 0 Å². The number of hydrogen-bond donors (Lipinski definition) is 8. The van der Waals surface area contributed by atoms with Gasteiger partial charge in [-0.05, 0) is 114 Å². The normalized spacial score (nSPS) is 23.8. The first kappa shape index (κ1) is 64.9. The van der Waals surface area contributed by atoms with Gasteiger partial charge >= 0.3 is 6.09 Å². The lowest BCUT2D eigenvalue weighted by Gasteiger charge is -2.42. The molecule has 2 heterocycles. The highest BCUT2D eigenvalue weighted by Crippen LogP contribution is 2.59. The zero-order valence-electron chi connectivity index (χ0n) is 49.7. The molecule has 2 aromatic carbocycles. The quantitative estimate of drug-likeness (QED) is 0.0328. The maximum absolute atomic E-state index is 14.1. The molecule has 7 amide bonds. The van der Waals surface area contributed by atoms with Gasteiger partial charge in [0.15, 0.2) is 0 Å². The van der Waals surface area contributed by atoms with E-state index in [4.69, 9.17) is 18.9 Å². The monoisotopic (exact) mass is 1120 g/mol. The van der Waals surface area contributed by atoms with Crippen LogP contribution >= 0.6 is 0 Å². The van der Waals surface area contributed by atoms with Crippen LogP contribution in [0.25, 0.3) is 0 Å². The van der Waals surface area contributed by atoms with Gasteiger partial charge in [0.1, 0.15) is 35.5 Å². The summed E-state index contributed by atoms with van der Waals surface area (Å²) in [6.45, 7) is 23.1. The van der Waals surface area contributed by atoms with Gasteiger partial charge in [-0.3, -0.25) is 28.8 Å². The van der Waals surface area contributed by atoms with Gasteiger partial charge in [0, 0.05) is 43.1 Å². The molecule has 0 aromatic heterocycles. The Balaban J connectivity index is 1.11. The number of amides is 7. The largest absolute Gasteiger partial charge is 0.443 e. The van der Waals surface area contributed by atoms with E-state index in [-0.39, 0.29) is 79.7 Å². The number of aliphatic hydroxyl groups excluding tert-OH is 1. The van der Waals surface area contributed by atoms with Crippen molar-refractivity contribution in [2.45, 2.75) is 182 Å². The molecular formula is C61H93N7O12. The van der Waals surface area contributed by atoms with Crippen LogP contribution in [0, 0.1) is 34.5 Å². The van der Waals surface area contributed by atoms with Crippen LogP contribution < -0.4 is 37.2 Å². The molecular weight excluding hydrogens is 1020 g/mol. The van der Waals surface area contributed by atoms with Crippen molar-refractivity contribution in [3.05, 3.63) is 77.4 Å². The molecule has 0 bridgehead atoms. The van der Waals surface area contributed by atoms with Gasteiger partial charge in [-0.15, -0.1) is 0 Å². The Labute approximate surface area is 474 Å². The van der Waals surface area contributed by atoms with Crippen molar-refractivity contribution in [2.75, 3.05) is 45.2 Å². The molecule has 19 heteroatoms. The van der Waals surface area contributed by atoms with Gasteiger partial charge in [-0.2, -0.15) is 0 Å². The predicted octanol–water partition coefficient (Wildman–Crippen LogP) is 6.06. The van der Waals surface area contributed by atoms with E-state index in [1.807, 2.05) is 78.8 Å². The molecule has 19 nitrogen and oxygen atoms in total. The van der Waals surface area contributed by atoms with E-state index in [0.29, 0.717) is 38.1 Å². The molecule has 8 N–H and O–H groups in total. The molecule has 80 heavy (non-hydrogen) atoms. The number of allylic oxidation sites excluding steroid dienone is 1. The number of methoxy groups -OCH3 is 1. The second-order valence-electron chi connectivity index (χ2n) is 24.6. The standard InChI is InChI=1S/C61H93N7O12/c1-37(2)19-24-48-60(12,80-48)52-51(77-13)47(25-27-61(52)36-78-61)79-57(76)62-28-26-42-20-22-44(23-21-42)66-49(70)33-63-53(72)45(29-38(3)4)68-54(73)46(30-43-17-15-14-16-18-43)67-50(71)34-65-56(75)59(11,40(7)8)35-58(10,31-39(5)6)55(74)64-32-41(9)69/h14-23,38-41,45-48,51-52,69H,24-36H2,1-13H3,(H,62,76)(H,63,72)(H,64,74)(H,65,75)(H,66,70)(H,67,71)(H,68,73)/t41?,45-,46-,47?,48+,51?,52?,58?,59?,60+,61-/m0/s1. The third kappa shape index (κ3) is 18.3. The van der Waals surface area contributed by atoms with E-state index in [1.165, 1.54) is 5.57 Å². The van der Waals surface area contributed by atoms with E-state index in [1.54, 1.807) is 45.2 Å². The maximum Gasteiger partial charge on any atom is 0.407 e. The fraction of sp³-hybridized carbons (Fsp3) is 0.656. The Morgan fingerprint density at radius 2 is 1.46 bits per heavy atom. The number of aliphatic hydroxyl groups is 1. The average Bonchev–Trinajstić information content (AvgIpc) is 4.47. The van der Waals surface area contributed by atoms with Gasteiger partial charge in [0.05, 0.1) is 37.8 Å². The number of carbonyl (C=O) groups excluding carboxylic acids is 7. The Hall–Kier alpha value is -5.89. The smallest absolute Gasteiger partial charge is 0.407 e. The van der Waals surface area contributed by atoms with Crippen molar-refractivity contribution in [3.63, 3.8) is 0 Å². The minimum atomic E-state index is -1.15. The van der Waals surface area contributed by atoms with Crippen molar-refractivity contribution in [1.82, 2.24) is 31.9 Å². The van der Waals surface area contributed by atoms with Crippen molar-refractivity contribution >= 4 is 47.2 Å². The van der Waals surface area contributed by atoms with Crippen molar-refractivity contribution < 1.29 is 57.6 Å². The number of epoxide rings is 2. The number of anilines is 1. The summed E-state index contributed by atoms with van der Waals surface area (Å²) < 4.78 is 24.3. The molecule has 5 rings (SSSR count). The maximum atomic E-state index is 14.1. The summed E-state index contributed by atoms with van der Waals surface area (Å²) >= 11 is 0. The summed E-state index contributed by atoms with van der Waals surface area (Å²) in [6.07, 6.45) is 3.71. The van der Waals surface area contributed by atoms with Gasteiger partial charge in [0.2, 0.25) is 35.4 Å². The molecule has 444 valence electrons. The zero-order valence-corrected chi connectivity index (χ0v) is 49.7. The average molecular weight is 1120 g/mol. The molecule has 11 atom stereocenters. The van der Waals surface area contributed by atoms with E-state index < -0.39 is 82.9 Å². The summed E-state index contributed by atoms with van der Waals surface area (Å²) in [5.74, 6) is -3.30. The van der Waals surface area contributed by atoms with Crippen molar-refractivity contribution in [3.8, 4) is 0 Å². The third-order valence-corrected chi connectivity index (χ3v) is 16.0. The number of rotatable bonds is 30. The number of hydrogen-bond acceptors (Lipinski definition) is 12. The Morgan fingerprint density at radius 3 is 2.05 bits per heavy atom. The molecule has 2 aromatic rings. The van der Waals surface area contributed by atoms with E-state index in [9.17, 15) is 38.7 Å². The predicted molar refractivity (Wildman–Crippen MR) is 306 cm³/mol. The number of nitrogens with one attached hydrogen (secondary N) is 7. The fourth-order valence-corrected chi connectivity index (χ4v) is 11.4. The first-order valence-electron chi connectivity index (χ1n) is 28.6. The molecule has 1 saturated carbocycles. The molecule has 3 aliphatic rings. The molecule has 6 unspecified atom stereocenters. The number of alkyl carbamates (subject to hydrolysis) is 1. The van der Waals surface area contributed by atoms with E-state index in [0.717, 1.165) is 24.0 Å². The van der Waals surface area contributed by atoms with Crippen LogP contribution in [-0.2, 0) is 60.6 Å². The van der Waals surface area contributed by atoms with Gasteiger partial charge in [-0.25, -0.2) is 4.79 Å². The van der Waals surface area contributed by atoms with Gasteiger partial charge < -0.3 is 61.3 Å². The summed E-state index contributed by atoms with van der Waals surface area (Å²) in [4.78, 5) is 95.4. The highest BCUT2D eigenvalue weighted by Gasteiger charge is 2.72. The van der Waals surface area contributed by atoms with Crippen LogP contribution in [-0.4, -0.2) is 134 Å². The number of benzene rings is 2. The highest BCUT2D eigenvalue weighted by atomic mass is 16.6. The molecule has 2 saturated heterocycles. The van der Waals surface area contributed by atoms with E-state index >= 15 is 0 Å². The van der Waals surface area contributed by atoms with Crippen LogP contribution in [0.1, 0.15) is 133 Å².